The van der Waals surface area contributed by atoms with Gasteiger partial charge < -0.3 is 10.6 Å². The number of nitrogens with one attached hydrogen (secondary N) is 3. The van der Waals surface area contributed by atoms with Crippen LogP contribution in [-0.4, -0.2) is 27.1 Å². The Labute approximate surface area is 152 Å². The molecule has 0 aliphatic heterocycles. The van der Waals surface area contributed by atoms with E-state index in [1.165, 1.54) is 12.8 Å². The maximum Gasteiger partial charge on any atom is 0.255 e. The summed E-state index contributed by atoms with van der Waals surface area (Å²) >= 11 is 0. The van der Waals surface area contributed by atoms with E-state index in [-0.39, 0.29) is 5.91 Å². The molecule has 0 saturated heterocycles. The van der Waals surface area contributed by atoms with Crippen LogP contribution in [0.4, 0.5) is 11.5 Å². The monoisotopic (exact) mass is 347 g/mol. The van der Waals surface area contributed by atoms with Crippen molar-refractivity contribution in [2.75, 3.05) is 10.6 Å². The molecule has 4 rings (SSSR count). The lowest BCUT2D eigenvalue weighted by atomic mass is 10.1. The maximum atomic E-state index is 12.7. The van der Waals surface area contributed by atoms with E-state index in [0.29, 0.717) is 17.3 Å². The Morgan fingerprint density at radius 3 is 2.73 bits per heavy atom. The summed E-state index contributed by atoms with van der Waals surface area (Å²) in [4.78, 5) is 17.0. The van der Waals surface area contributed by atoms with Gasteiger partial charge in [-0.05, 0) is 25.0 Å². The van der Waals surface area contributed by atoms with Crippen molar-refractivity contribution in [3.63, 3.8) is 0 Å². The number of rotatable bonds is 5. The smallest absolute Gasteiger partial charge is 0.255 e. The zero-order chi connectivity index (χ0) is 17.8. The Morgan fingerprint density at radius 1 is 1.12 bits per heavy atom. The van der Waals surface area contributed by atoms with E-state index in [2.05, 4.69) is 25.8 Å². The highest BCUT2D eigenvalue weighted by Gasteiger charge is 2.16. The van der Waals surface area contributed by atoms with Crippen LogP contribution in [0.2, 0.25) is 0 Å². The maximum absolute atomic E-state index is 12.7. The predicted molar refractivity (Wildman–Crippen MR) is 102 cm³/mol. The molecular weight excluding hydrogens is 326 g/mol. The lowest BCUT2D eigenvalue weighted by Crippen LogP contribution is -2.17. The molecule has 0 unspecified atom stereocenters. The SMILES string of the molecule is O=C(Nc1cn[nH]c1-c1ccccc1)c1ccnc(NC2CCCC2)c1. The first kappa shape index (κ1) is 16.3. The third kappa shape index (κ3) is 3.59. The van der Waals surface area contributed by atoms with Gasteiger partial charge in [0.1, 0.15) is 5.82 Å². The first-order valence-corrected chi connectivity index (χ1v) is 8.92. The average molecular weight is 347 g/mol. The second kappa shape index (κ2) is 7.39. The Hall–Kier alpha value is -3.15. The summed E-state index contributed by atoms with van der Waals surface area (Å²) in [6.07, 6.45) is 8.11. The molecule has 2 aromatic heterocycles. The van der Waals surface area contributed by atoms with Crippen molar-refractivity contribution in [3.05, 3.63) is 60.4 Å². The second-order valence-corrected chi connectivity index (χ2v) is 6.53. The third-order valence-corrected chi connectivity index (χ3v) is 4.68. The van der Waals surface area contributed by atoms with E-state index in [4.69, 9.17) is 0 Å². The molecule has 1 aromatic carbocycles. The standard InChI is InChI=1S/C20H21N5O/c26-20(15-10-11-21-18(12-15)23-16-8-4-5-9-16)24-17-13-22-25-19(17)14-6-2-1-3-7-14/h1-3,6-7,10-13,16H,4-5,8-9H2,(H,21,23)(H,22,25)(H,24,26). The number of H-pyrrole nitrogens is 1. The Morgan fingerprint density at radius 2 is 1.92 bits per heavy atom. The average Bonchev–Trinajstić information content (AvgIpc) is 3.35. The highest BCUT2D eigenvalue weighted by Crippen LogP contribution is 2.26. The van der Waals surface area contributed by atoms with Crippen molar-refractivity contribution in [1.82, 2.24) is 15.2 Å². The van der Waals surface area contributed by atoms with Crippen molar-refractivity contribution in [2.24, 2.45) is 0 Å². The largest absolute Gasteiger partial charge is 0.367 e. The molecule has 6 heteroatoms. The van der Waals surface area contributed by atoms with Crippen molar-refractivity contribution in [2.45, 2.75) is 31.7 Å². The predicted octanol–water partition coefficient (Wildman–Crippen LogP) is 4.08. The zero-order valence-electron chi connectivity index (χ0n) is 14.4. The van der Waals surface area contributed by atoms with Crippen molar-refractivity contribution in [1.29, 1.82) is 0 Å². The van der Waals surface area contributed by atoms with Gasteiger partial charge in [0.15, 0.2) is 0 Å². The Balaban J connectivity index is 1.50. The number of carbonyl (C=O) groups excluding carboxylic acids is 1. The summed E-state index contributed by atoms with van der Waals surface area (Å²) in [5, 5.41) is 13.4. The van der Waals surface area contributed by atoms with Gasteiger partial charge in [-0.1, -0.05) is 43.2 Å². The van der Waals surface area contributed by atoms with Gasteiger partial charge in [-0.15, -0.1) is 0 Å². The van der Waals surface area contributed by atoms with Crippen LogP contribution in [-0.2, 0) is 0 Å². The molecule has 0 spiro atoms. The Kier molecular flexibility index (Phi) is 4.64. The molecule has 1 aliphatic rings. The molecule has 6 nitrogen and oxygen atoms in total. The molecule has 3 aromatic rings. The fourth-order valence-corrected chi connectivity index (χ4v) is 3.33. The van der Waals surface area contributed by atoms with Gasteiger partial charge in [-0.3, -0.25) is 9.89 Å². The van der Waals surface area contributed by atoms with Crippen LogP contribution in [0.5, 0.6) is 0 Å². The van der Waals surface area contributed by atoms with E-state index in [1.807, 2.05) is 30.3 Å². The van der Waals surface area contributed by atoms with E-state index in [0.717, 1.165) is 29.9 Å². The minimum absolute atomic E-state index is 0.180. The minimum atomic E-state index is -0.180. The molecule has 0 radical (unpaired) electrons. The van der Waals surface area contributed by atoms with E-state index < -0.39 is 0 Å². The fraction of sp³-hybridized carbons (Fsp3) is 0.250. The number of aromatic amines is 1. The van der Waals surface area contributed by atoms with Gasteiger partial charge in [-0.2, -0.15) is 5.10 Å². The van der Waals surface area contributed by atoms with Crippen LogP contribution in [0.1, 0.15) is 36.0 Å². The van der Waals surface area contributed by atoms with Crippen LogP contribution in [0.15, 0.2) is 54.9 Å². The van der Waals surface area contributed by atoms with Crippen molar-refractivity contribution < 1.29 is 4.79 Å². The van der Waals surface area contributed by atoms with Crippen LogP contribution >= 0.6 is 0 Å². The quantitative estimate of drug-likeness (QED) is 0.649. The van der Waals surface area contributed by atoms with E-state index in [9.17, 15) is 4.79 Å². The van der Waals surface area contributed by atoms with Crippen LogP contribution in [0, 0.1) is 0 Å². The number of pyridine rings is 1. The van der Waals surface area contributed by atoms with Crippen LogP contribution < -0.4 is 10.6 Å². The number of benzene rings is 1. The number of hydrogen-bond acceptors (Lipinski definition) is 4. The second-order valence-electron chi connectivity index (χ2n) is 6.53. The summed E-state index contributed by atoms with van der Waals surface area (Å²) in [6, 6.07) is 13.8. The van der Waals surface area contributed by atoms with Crippen molar-refractivity contribution in [3.8, 4) is 11.3 Å². The molecule has 3 N–H and O–H groups in total. The highest BCUT2D eigenvalue weighted by molar-refractivity contribution is 6.06. The van der Waals surface area contributed by atoms with Crippen LogP contribution in [0.3, 0.4) is 0 Å². The van der Waals surface area contributed by atoms with Gasteiger partial charge in [0.25, 0.3) is 5.91 Å². The first-order valence-electron chi connectivity index (χ1n) is 8.92. The minimum Gasteiger partial charge on any atom is -0.367 e. The molecule has 1 aliphatic carbocycles. The third-order valence-electron chi connectivity index (χ3n) is 4.68. The molecule has 1 saturated carbocycles. The molecule has 1 amide bonds. The van der Waals surface area contributed by atoms with E-state index >= 15 is 0 Å². The first-order chi connectivity index (χ1) is 12.8. The molecular formula is C20H21N5O. The normalized spacial score (nSPS) is 14.3. The van der Waals surface area contributed by atoms with Gasteiger partial charge in [0, 0.05) is 23.4 Å². The topological polar surface area (TPSA) is 82.7 Å². The number of nitrogens with zero attached hydrogens (tertiary/aromatic N) is 2. The highest BCUT2D eigenvalue weighted by atomic mass is 16.1. The molecule has 1 fully saturated rings. The summed E-state index contributed by atoms with van der Waals surface area (Å²) in [6.45, 7) is 0. The lowest BCUT2D eigenvalue weighted by Gasteiger charge is -2.13. The number of amides is 1. The fourth-order valence-electron chi connectivity index (χ4n) is 3.33. The number of hydrogen-bond donors (Lipinski definition) is 3. The summed E-state index contributed by atoms with van der Waals surface area (Å²) in [7, 11) is 0. The number of aromatic nitrogens is 3. The van der Waals surface area contributed by atoms with Gasteiger partial charge >= 0.3 is 0 Å². The Bertz CT molecular complexity index is 884. The molecule has 2 heterocycles. The summed E-state index contributed by atoms with van der Waals surface area (Å²) < 4.78 is 0. The zero-order valence-corrected chi connectivity index (χ0v) is 14.4. The lowest BCUT2D eigenvalue weighted by molar-refractivity contribution is 0.102. The molecule has 0 bridgehead atoms. The van der Waals surface area contributed by atoms with E-state index in [1.54, 1.807) is 24.5 Å². The number of carbonyl (C=O) groups is 1. The number of anilines is 2. The summed E-state index contributed by atoms with van der Waals surface area (Å²) in [5.41, 5.74) is 2.99. The van der Waals surface area contributed by atoms with Crippen LogP contribution in [0.25, 0.3) is 11.3 Å². The summed E-state index contributed by atoms with van der Waals surface area (Å²) in [5.74, 6) is 0.570. The molecule has 26 heavy (non-hydrogen) atoms. The van der Waals surface area contributed by atoms with Gasteiger partial charge in [-0.25, -0.2) is 4.98 Å². The van der Waals surface area contributed by atoms with Gasteiger partial charge in [0.05, 0.1) is 17.6 Å². The molecule has 0 atom stereocenters. The van der Waals surface area contributed by atoms with Crippen molar-refractivity contribution >= 4 is 17.4 Å². The molecule has 132 valence electrons. The van der Waals surface area contributed by atoms with Gasteiger partial charge in [0.2, 0.25) is 0 Å².